The van der Waals surface area contributed by atoms with Crippen LogP contribution in [0, 0.1) is 0 Å². The van der Waals surface area contributed by atoms with Crippen molar-refractivity contribution < 1.29 is 14.3 Å². The molecule has 3 aromatic rings. The van der Waals surface area contributed by atoms with Gasteiger partial charge in [0.15, 0.2) is 0 Å². The highest BCUT2D eigenvalue weighted by molar-refractivity contribution is 5.83. The molecular weight excluding hydrogens is 344 g/mol. The SMILES string of the molecule is CCc1cc2c(CNc3ccc(CC(=O)NC)cc3)cc(=O)oc2cc1O. The fraction of sp³-hybridized carbons (Fsp3) is 0.238. The number of aryl methyl sites for hydroxylation is 1. The topological polar surface area (TPSA) is 91.6 Å². The summed E-state index contributed by atoms with van der Waals surface area (Å²) in [5.74, 6) is 0.0955. The fourth-order valence-electron chi connectivity index (χ4n) is 2.95. The molecule has 3 N–H and O–H groups in total. The third-order valence-electron chi connectivity index (χ3n) is 4.49. The molecular formula is C21H22N2O4. The summed E-state index contributed by atoms with van der Waals surface area (Å²) in [4.78, 5) is 23.3. The highest BCUT2D eigenvalue weighted by atomic mass is 16.4. The van der Waals surface area contributed by atoms with Gasteiger partial charge in [-0.25, -0.2) is 4.79 Å². The van der Waals surface area contributed by atoms with Gasteiger partial charge in [0.1, 0.15) is 11.3 Å². The first-order valence-electron chi connectivity index (χ1n) is 8.82. The minimum absolute atomic E-state index is 0.0341. The van der Waals surface area contributed by atoms with Gasteiger partial charge < -0.3 is 20.2 Å². The van der Waals surface area contributed by atoms with Crippen molar-refractivity contribution in [2.45, 2.75) is 26.3 Å². The zero-order chi connectivity index (χ0) is 19.4. The molecule has 27 heavy (non-hydrogen) atoms. The number of aromatic hydroxyl groups is 1. The number of hydrogen-bond acceptors (Lipinski definition) is 5. The number of rotatable bonds is 6. The predicted octanol–water partition coefficient (Wildman–Crippen LogP) is 2.96. The van der Waals surface area contributed by atoms with Gasteiger partial charge in [-0.2, -0.15) is 0 Å². The molecule has 0 radical (unpaired) electrons. The zero-order valence-electron chi connectivity index (χ0n) is 15.3. The number of carbonyl (C=O) groups is 1. The quantitative estimate of drug-likeness (QED) is 0.584. The largest absolute Gasteiger partial charge is 0.508 e. The molecule has 0 unspecified atom stereocenters. The Morgan fingerprint density at radius 2 is 1.85 bits per heavy atom. The Morgan fingerprint density at radius 1 is 1.11 bits per heavy atom. The van der Waals surface area contributed by atoms with Crippen LogP contribution in [0.25, 0.3) is 11.0 Å². The molecule has 1 aromatic heterocycles. The van der Waals surface area contributed by atoms with Gasteiger partial charge in [0.2, 0.25) is 5.91 Å². The average Bonchev–Trinajstić information content (AvgIpc) is 2.66. The maximum absolute atomic E-state index is 11.8. The molecule has 3 rings (SSSR count). The number of phenolic OH excluding ortho intramolecular Hbond substituents is 1. The van der Waals surface area contributed by atoms with Crippen molar-refractivity contribution in [3.05, 3.63) is 69.6 Å². The second kappa shape index (κ2) is 7.95. The summed E-state index contributed by atoms with van der Waals surface area (Å²) in [5.41, 5.74) is 3.32. The summed E-state index contributed by atoms with van der Waals surface area (Å²) in [6.07, 6.45) is 1.02. The van der Waals surface area contributed by atoms with Crippen LogP contribution < -0.4 is 16.3 Å². The molecule has 1 amide bonds. The van der Waals surface area contributed by atoms with Gasteiger partial charge >= 0.3 is 5.63 Å². The van der Waals surface area contributed by atoms with E-state index in [1.165, 1.54) is 12.1 Å². The normalized spacial score (nSPS) is 10.7. The second-order valence-electron chi connectivity index (χ2n) is 6.32. The lowest BCUT2D eigenvalue weighted by atomic mass is 10.0. The summed E-state index contributed by atoms with van der Waals surface area (Å²) in [7, 11) is 1.61. The van der Waals surface area contributed by atoms with Crippen molar-refractivity contribution in [3.8, 4) is 5.75 Å². The summed E-state index contributed by atoms with van der Waals surface area (Å²) in [6.45, 7) is 2.39. The number of amides is 1. The van der Waals surface area contributed by atoms with Crippen LogP contribution in [0.4, 0.5) is 5.69 Å². The molecule has 1 heterocycles. The lowest BCUT2D eigenvalue weighted by Gasteiger charge is -2.11. The van der Waals surface area contributed by atoms with E-state index in [1.807, 2.05) is 37.3 Å². The van der Waals surface area contributed by atoms with Crippen molar-refractivity contribution in [2.75, 3.05) is 12.4 Å². The van der Waals surface area contributed by atoms with Gasteiger partial charge in [-0.05, 0) is 41.3 Å². The number of benzene rings is 2. The smallest absolute Gasteiger partial charge is 0.336 e. The molecule has 0 bridgehead atoms. The number of fused-ring (bicyclic) bond motifs is 1. The van der Waals surface area contributed by atoms with Gasteiger partial charge in [-0.1, -0.05) is 19.1 Å². The molecule has 0 fully saturated rings. The standard InChI is InChI=1S/C21H22N2O4/c1-3-14-9-17-15(10-21(26)27-19(17)11-18(14)24)12-23-16-6-4-13(5-7-16)8-20(25)22-2/h4-7,9-11,23-24H,3,8,12H2,1-2H3,(H,22,25). The van der Waals surface area contributed by atoms with Crippen LogP contribution in [0.1, 0.15) is 23.6 Å². The van der Waals surface area contributed by atoms with Gasteiger partial charge in [-0.15, -0.1) is 0 Å². The molecule has 6 nitrogen and oxygen atoms in total. The summed E-state index contributed by atoms with van der Waals surface area (Å²) in [6, 6.07) is 12.4. The Morgan fingerprint density at radius 3 is 2.52 bits per heavy atom. The van der Waals surface area contributed by atoms with Crippen LogP contribution in [0.3, 0.4) is 0 Å². The molecule has 0 aliphatic rings. The van der Waals surface area contributed by atoms with Crippen molar-refractivity contribution in [1.82, 2.24) is 5.32 Å². The highest BCUT2D eigenvalue weighted by Crippen LogP contribution is 2.27. The molecule has 6 heteroatoms. The zero-order valence-corrected chi connectivity index (χ0v) is 15.3. The van der Waals surface area contributed by atoms with Crippen LogP contribution >= 0.6 is 0 Å². The first-order chi connectivity index (χ1) is 13.0. The number of anilines is 1. The first-order valence-corrected chi connectivity index (χ1v) is 8.82. The van der Waals surface area contributed by atoms with E-state index in [4.69, 9.17) is 4.42 Å². The van der Waals surface area contributed by atoms with E-state index < -0.39 is 5.63 Å². The van der Waals surface area contributed by atoms with Crippen molar-refractivity contribution in [2.24, 2.45) is 0 Å². The Kier molecular flexibility index (Phi) is 5.45. The van der Waals surface area contributed by atoms with E-state index in [1.54, 1.807) is 7.05 Å². The van der Waals surface area contributed by atoms with Crippen LogP contribution in [0.2, 0.25) is 0 Å². The average molecular weight is 366 g/mol. The molecule has 0 saturated heterocycles. The van der Waals surface area contributed by atoms with E-state index in [0.717, 1.165) is 27.8 Å². The third kappa shape index (κ3) is 4.28. The summed E-state index contributed by atoms with van der Waals surface area (Å²) < 4.78 is 5.22. The van der Waals surface area contributed by atoms with Crippen molar-refractivity contribution >= 4 is 22.6 Å². The Labute approximate surface area is 156 Å². The lowest BCUT2D eigenvalue weighted by molar-refractivity contribution is -0.119. The molecule has 0 aliphatic heterocycles. The predicted molar refractivity (Wildman–Crippen MR) is 105 cm³/mol. The maximum atomic E-state index is 11.8. The van der Waals surface area contributed by atoms with E-state index in [2.05, 4.69) is 10.6 Å². The fourth-order valence-corrected chi connectivity index (χ4v) is 2.95. The first kappa shape index (κ1) is 18.5. The van der Waals surface area contributed by atoms with Crippen LogP contribution in [0.5, 0.6) is 5.75 Å². The number of carbonyl (C=O) groups excluding carboxylic acids is 1. The lowest BCUT2D eigenvalue weighted by Crippen LogP contribution is -2.19. The van der Waals surface area contributed by atoms with Gasteiger partial charge in [0.05, 0.1) is 6.42 Å². The number of nitrogens with one attached hydrogen (secondary N) is 2. The summed E-state index contributed by atoms with van der Waals surface area (Å²) >= 11 is 0. The van der Waals surface area contributed by atoms with E-state index in [-0.39, 0.29) is 11.7 Å². The van der Waals surface area contributed by atoms with E-state index in [0.29, 0.717) is 25.0 Å². The third-order valence-corrected chi connectivity index (χ3v) is 4.49. The van der Waals surface area contributed by atoms with Gasteiger partial charge in [0, 0.05) is 36.8 Å². The van der Waals surface area contributed by atoms with E-state index in [9.17, 15) is 14.7 Å². The van der Waals surface area contributed by atoms with Crippen molar-refractivity contribution in [1.29, 1.82) is 0 Å². The monoisotopic (exact) mass is 366 g/mol. The molecule has 0 atom stereocenters. The van der Waals surface area contributed by atoms with Crippen LogP contribution in [0.15, 0.2) is 51.7 Å². The van der Waals surface area contributed by atoms with E-state index >= 15 is 0 Å². The van der Waals surface area contributed by atoms with Crippen molar-refractivity contribution in [3.63, 3.8) is 0 Å². The molecule has 140 valence electrons. The summed E-state index contributed by atoms with van der Waals surface area (Å²) in [5, 5.41) is 16.7. The Balaban J connectivity index is 1.82. The van der Waals surface area contributed by atoms with Gasteiger partial charge in [-0.3, -0.25) is 4.79 Å². The van der Waals surface area contributed by atoms with Crippen LogP contribution in [-0.4, -0.2) is 18.1 Å². The number of phenols is 1. The minimum Gasteiger partial charge on any atom is -0.508 e. The maximum Gasteiger partial charge on any atom is 0.336 e. The number of hydrogen-bond donors (Lipinski definition) is 3. The molecule has 0 saturated carbocycles. The Hall–Kier alpha value is -3.28. The minimum atomic E-state index is -0.455. The molecule has 0 spiro atoms. The highest BCUT2D eigenvalue weighted by Gasteiger charge is 2.10. The van der Waals surface area contributed by atoms with Gasteiger partial charge in [0.25, 0.3) is 0 Å². The second-order valence-corrected chi connectivity index (χ2v) is 6.32. The molecule has 2 aromatic carbocycles. The number of likely N-dealkylation sites (N-methyl/N-ethyl adjacent to an activating group) is 1. The Bertz CT molecular complexity index is 1020. The molecule has 0 aliphatic carbocycles. The van der Waals surface area contributed by atoms with Crippen LogP contribution in [-0.2, 0) is 24.2 Å².